The van der Waals surface area contributed by atoms with Crippen LogP contribution in [0.5, 0.6) is 0 Å². The van der Waals surface area contributed by atoms with Crippen LogP contribution in [0.25, 0.3) is 0 Å². The second-order valence-corrected chi connectivity index (χ2v) is 6.94. The molecule has 0 aliphatic heterocycles. The average molecular weight is 453 g/mol. The van der Waals surface area contributed by atoms with Crippen LogP contribution >= 0.6 is 34.8 Å². The van der Waals surface area contributed by atoms with E-state index in [1.165, 1.54) is 10.9 Å². The molecule has 0 aliphatic rings. The largest absolute Gasteiger partial charge is 0.433 e. The fourth-order valence-electron chi connectivity index (χ4n) is 2.42. The Bertz CT molecular complexity index is 1020. The van der Waals surface area contributed by atoms with E-state index in [1.807, 2.05) is 0 Å². The minimum Gasteiger partial charge on any atom is -0.302 e. The number of alkyl halides is 3. The Kier molecular flexibility index (Phi) is 5.60. The lowest BCUT2D eigenvalue weighted by atomic mass is 10.2. The Morgan fingerprint density at radius 1 is 1.14 bits per heavy atom. The molecule has 12 heteroatoms. The molecule has 6 nitrogen and oxygen atoms in total. The van der Waals surface area contributed by atoms with Gasteiger partial charge in [0.15, 0.2) is 11.5 Å². The molecule has 0 unspecified atom stereocenters. The van der Waals surface area contributed by atoms with E-state index < -0.39 is 23.5 Å². The lowest BCUT2D eigenvalue weighted by Crippen LogP contribution is -2.14. The van der Waals surface area contributed by atoms with E-state index in [4.69, 9.17) is 34.8 Å². The molecule has 0 fully saturated rings. The summed E-state index contributed by atoms with van der Waals surface area (Å²) < 4.78 is 40.5. The van der Waals surface area contributed by atoms with Gasteiger partial charge in [-0.15, -0.1) is 0 Å². The van der Waals surface area contributed by atoms with Gasteiger partial charge >= 0.3 is 6.18 Å². The molecule has 0 saturated carbocycles. The Hall–Kier alpha value is -2.23. The highest BCUT2D eigenvalue weighted by molar-refractivity contribution is 6.36. The highest BCUT2D eigenvalue weighted by Gasteiger charge is 2.35. The summed E-state index contributed by atoms with van der Waals surface area (Å²) in [5.41, 5.74) is -0.875. The van der Waals surface area contributed by atoms with Gasteiger partial charge in [-0.05, 0) is 12.1 Å². The molecular formula is C16H11Cl3F3N5O. The van der Waals surface area contributed by atoms with E-state index >= 15 is 0 Å². The number of benzene rings is 1. The van der Waals surface area contributed by atoms with Gasteiger partial charge in [0.2, 0.25) is 0 Å². The maximum absolute atomic E-state index is 12.8. The summed E-state index contributed by atoms with van der Waals surface area (Å²) >= 11 is 18.3. The zero-order valence-electron chi connectivity index (χ0n) is 14.1. The smallest absolute Gasteiger partial charge is 0.302 e. The molecule has 0 atom stereocenters. The van der Waals surface area contributed by atoms with E-state index in [-0.39, 0.29) is 17.4 Å². The first-order valence-electron chi connectivity index (χ1n) is 7.64. The van der Waals surface area contributed by atoms with Crippen LogP contribution in [0.15, 0.2) is 30.5 Å². The van der Waals surface area contributed by atoms with Gasteiger partial charge in [-0.25, -0.2) is 0 Å². The van der Waals surface area contributed by atoms with Crippen LogP contribution in [0.3, 0.4) is 0 Å². The molecule has 0 aliphatic carbocycles. The number of hydrogen-bond acceptors (Lipinski definition) is 3. The molecule has 0 radical (unpaired) electrons. The molecule has 0 saturated heterocycles. The Balaban J connectivity index is 1.80. The number of rotatable bonds is 4. The Labute approximate surface area is 171 Å². The SMILES string of the molecule is Cn1nc(C(=O)Nc2nn(Cc3c(Cl)cccc3Cl)cc2Cl)cc1C(F)(F)F. The van der Waals surface area contributed by atoms with Crippen LogP contribution < -0.4 is 5.32 Å². The van der Waals surface area contributed by atoms with Crippen molar-refractivity contribution < 1.29 is 18.0 Å². The van der Waals surface area contributed by atoms with Crippen molar-refractivity contribution in [2.24, 2.45) is 7.05 Å². The van der Waals surface area contributed by atoms with E-state index in [9.17, 15) is 18.0 Å². The molecule has 1 N–H and O–H groups in total. The summed E-state index contributed by atoms with van der Waals surface area (Å²) in [6.07, 6.45) is -3.20. The van der Waals surface area contributed by atoms with Crippen LogP contribution in [-0.4, -0.2) is 25.5 Å². The van der Waals surface area contributed by atoms with E-state index in [2.05, 4.69) is 15.5 Å². The van der Waals surface area contributed by atoms with Crippen molar-refractivity contribution in [3.05, 3.63) is 62.5 Å². The lowest BCUT2D eigenvalue weighted by Gasteiger charge is -2.06. The number of carbonyl (C=O) groups excluding carboxylic acids is 1. The fourth-order valence-corrected chi connectivity index (χ4v) is 3.14. The first kappa shape index (κ1) is 20.5. The summed E-state index contributed by atoms with van der Waals surface area (Å²) in [6.45, 7) is 0.176. The molecular weight excluding hydrogens is 442 g/mol. The van der Waals surface area contributed by atoms with Gasteiger partial charge < -0.3 is 5.32 Å². The fraction of sp³-hybridized carbons (Fsp3) is 0.188. The summed E-state index contributed by atoms with van der Waals surface area (Å²) in [6, 6.07) is 5.66. The summed E-state index contributed by atoms with van der Waals surface area (Å²) in [5.74, 6) is -0.914. The van der Waals surface area contributed by atoms with Crippen molar-refractivity contribution in [3.63, 3.8) is 0 Å². The Morgan fingerprint density at radius 2 is 1.79 bits per heavy atom. The number of hydrogen-bond donors (Lipinski definition) is 1. The number of halogens is 6. The second kappa shape index (κ2) is 7.65. The number of nitrogens with one attached hydrogen (secondary N) is 1. The van der Waals surface area contributed by atoms with Gasteiger partial charge in [0.05, 0.1) is 6.54 Å². The van der Waals surface area contributed by atoms with Gasteiger partial charge in [0, 0.05) is 34.9 Å². The van der Waals surface area contributed by atoms with E-state index in [0.717, 1.165) is 7.05 Å². The average Bonchev–Trinajstić information content (AvgIpc) is 3.14. The van der Waals surface area contributed by atoms with Crippen LogP contribution in [0.1, 0.15) is 21.7 Å². The first-order chi connectivity index (χ1) is 13.1. The van der Waals surface area contributed by atoms with Crippen LogP contribution in [0.4, 0.5) is 19.0 Å². The first-order valence-corrected chi connectivity index (χ1v) is 8.78. The zero-order chi connectivity index (χ0) is 20.6. The third-order valence-corrected chi connectivity index (χ3v) is 4.72. The molecule has 0 bridgehead atoms. The van der Waals surface area contributed by atoms with E-state index in [1.54, 1.807) is 18.2 Å². The maximum atomic E-state index is 12.8. The van der Waals surface area contributed by atoms with Crippen LogP contribution in [0, 0.1) is 0 Å². The number of nitrogens with zero attached hydrogens (tertiary/aromatic N) is 4. The van der Waals surface area contributed by atoms with Gasteiger partial charge in [0.25, 0.3) is 5.91 Å². The molecule has 2 heterocycles. The van der Waals surface area contributed by atoms with Crippen molar-refractivity contribution in [2.45, 2.75) is 12.7 Å². The number of aromatic nitrogens is 4. The normalized spacial score (nSPS) is 11.7. The molecule has 2 aromatic heterocycles. The monoisotopic (exact) mass is 451 g/mol. The molecule has 1 aromatic carbocycles. The van der Waals surface area contributed by atoms with Gasteiger partial charge in [-0.1, -0.05) is 40.9 Å². The predicted octanol–water partition coefficient (Wildman–Crippen LogP) is 4.90. The number of aryl methyl sites for hydroxylation is 1. The van der Waals surface area contributed by atoms with Gasteiger partial charge in [0.1, 0.15) is 10.7 Å². The van der Waals surface area contributed by atoms with Gasteiger partial charge in [-0.2, -0.15) is 23.4 Å². The minimum absolute atomic E-state index is 0.0333. The topological polar surface area (TPSA) is 64.7 Å². The number of amides is 1. The third-order valence-electron chi connectivity index (χ3n) is 3.73. The molecule has 3 rings (SSSR count). The Morgan fingerprint density at radius 3 is 2.36 bits per heavy atom. The predicted molar refractivity (Wildman–Crippen MR) is 99.0 cm³/mol. The lowest BCUT2D eigenvalue weighted by molar-refractivity contribution is -0.143. The molecule has 148 valence electrons. The van der Waals surface area contributed by atoms with Crippen molar-refractivity contribution in [1.29, 1.82) is 0 Å². The number of carbonyl (C=O) groups is 1. The standard InChI is InChI=1S/C16H11Cl3F3N5O/c1-26-13(16(20,21)22)5-12(24-26)15(28)23-14-11(19)7-27(25-14)6-8-9(17)3-2-4-10(8)18/h2-5,7H,6H2,1H3,(H,23,25,28). The highest BCUT2D eigenvalue weighted by atomic mass is 35.5. The summed E-state index contributed by atoms with van der Waals surface area (Å²) in [4.78, 5) is 12.2. The molecule has 1 amide bonds. The summed E-state index contributed by atoms with van der Waals surface area (Å²) in [5, 5.41) is 11.0. The van der Waals surface area contributed by atoms with Gasteiger partial charge in [-0.3, -0.25) is 14.2 Å². The number of anilines is 1. The maximum Gasteiger partial charge on any atom is 0.433 e. The molecule has 28 heavy (non-hydrogen) atoms. The molecule has 3 aromatic rings. The minimum atomic E-state index is -4.63. The zero-order valence-corrected chi connectivity index (χ0v) is 16.3. The third kappa shape index (κ3) is 4.26. The van der Waals surface area contributed by atoms with Crippen molar-refractivity contribution in [1.82, 2.24) is 19.6 Å². The second-order valence-electron chi connectivity index (χ2n) is 5.71. The molecule has 0 spiro atoms. The van der Waals surface area contributed by atoms with Crippen LogP contribution in [-0.2, 0) is 19.8 Å². The van der Waals surface area contributed by atoms with E-state index in [0.29, 0.717) is 26.4 Å². The van der Waals surface area contributed by atoms with Crippen molar-refractivity contribution in [2.75, 3.05) is 5.32 Å². The summed E-state index contributed by atoms with van der Waals surface area (Å²) in [7, 11) is 1.09. The van der Waals surface area contributed by atoms with Crippen molar-refractivity contribution >= 4 is 46.5 Å². The van der Waals surface area contributed by atoms with Crippen LogP contribution in [0.2, 0.25) is 15.1 Å². The highest BCUT2D eigenvalue weighted by Crippen LogP contribution is 2.30. The van der Waals surface area contributed by atoms with Crippen molar-refractivity contribution in [3.8, 4) is 0 Å². The quantitative estimate of drug-likeness (QED) is 0.613.